The first kappa shape index (κ1) is 32.2. The minimum atomic E-state index is -0.363. The van der Waals surface area contributed by atoms with Crippen LogP contribution in [0.1, 0.15) is 102 Å². The number of ketones is 1. The molecule has 0 aliphatic heterocycles. The van der Waals surface area contributed by atoms with Gasteiger partial charge in [0, 0.05) is 18.9 Å². The van der Waals surface area contributed by atoms with E-state index in [-0.39, 0.29) is 54.3 Å². The summed E-state index contributed by atoms with van der Waals surface area (Å²) in [6, 6.07) is 6.98. The summed E-state index contributed by atoms with van der Waals surface area (Å²) < 4.78 is 13.2. The number of nitrogens with one attached hydrogen (secondary N) is 2. The number of ether oxygens (including phenoxy) is 2. The van der Waals surface area contributed by atoms with E-state index in [2.05, 4.69) is 31.4 Å². The highest BCUT2D eigenvalue weighted by Gasteiger charge is 2.27. The summed E-state index contributed by atoms with van der Waals surface area (Å²) in [6.45, 7) is 8.08. The molecule has 226 valence electrons. The SMILES string of the molecule is CCC(=O)CNC(=O)C[C@H](CCC1CCCCC1)NC(=O)c1cc(-c2c(OC)cccc2OC)n(C(C)C(C)C)n1. The molecule has 1 unspecified atom stereocenters. The van der Waals surface area contributed by atoms with E-state index in [0.717, 1.165) is 17.7 Å². The Kier molecular flexibility index (Phi) is 12.2. The second-order valence-corrected chi connectivity index (χ2v) is 11.5. The largest absolute Gasteiger partial charge is 0.496 e. The number of nitrogens with zero attached hydrogens (tertiary/aromatic N) is 2. The first-order chi connectivity index (χ1) is 19.7. The predicted octanol–water partition coefficient (Wildman–Crippen LogP) is 5.73. The molecular formula is C32H48N4O5. The van der Waals surface area contributed by atoms with E-state index in [1.54, 1.807) is 27.2 Å². The van der Waals surface area contributed by atoms with Crippen molar-refractivity contribution in [2.45, 2.75) is 97.6 Å². The molecule has 2 aromatic rings. The summed E-state index contributed by atoms with van der Waals surface area (Å²) in [6.07, 6.45) is 8.28. The first-order valence-corrected chi connectivity index (χ1v) is 15.1. The van der Waals surface area contributed by atoms with Crippen LogP contribution in [-0.2, 0) is 9.59 Å². The Morgan fingerprint density at radius 2 is 1.71 bits per heavy atom. The monoisotopic (exact) mass is 568 g/mol. The molecule has 9 heteroatoms. The number of hydrogen-bond donors (Lipinski definition) is 2. The Hall–Kier alpha value is -3.36. The Morgan fingerprint density at radius 1 is 1.05 bits per heavy atom. The lowest BCUT2D eigenvalue weighted by atomic mass is 9.85. The van der Waals surface area contributed by atoms with E-state index in [9.17, 15) is 14.4 Å². The number of amides is 2. The van der Waals surface area contributed by atoms with Crippen LogP contribution < -0.4 is 20.1 Å². The number of Topliss-reactive ketones (excluding diaryl/α,β-unsaturated/α-hetero) is 1. The lowest BCUT2D eigenvalue weighted by molar-refractivity contribution is -0.125. The van der Waals surface area contributed by atoms with Crippen LogP contribution in [0.4, 0.5) is 0 Å². The highest BCUT2D eigenvalue weighted by molar-refractivity contribution is 5.94. The van der Waals surface area contributed by atoms with Crippen molar-refractivity contribution in [2.75, 3.05) is 20.8 Å². The van der Waals surface area contributed by atoms with Gasteiger partial charge in [0.25, 0.3) is 5.91 Å². The molecule has 3 rings (SSSR count). The molecule has 2 atom stereocenters. The fourth-order valence-corrected chi connectivity index (χ4v) is 5.40. The van der Waals surface area contributed by atoms with Gasteiger partial charge in [0.2, 0.25) is 5.91 Å². The number of benzene rings is 1. The molecular weight excluding hydrogens is 520 g/mol. The van der Waals surface area contributed by atoms with Crippen LogP contribution in [0.5, 0.6) is 11.5 Å². The van der Waals surface area contributed by atoms with Crippen LogP contribution in [0.15, 0.2) is 24.3 Å². The number of carbonyl (C=O) groups is 3. The van der Waals surface area contributed by atoms with E-state index < -0.39 is 0 Å². The molecule has 2 N–H and O–H groups in total. The van der Waals surface area contributed by atoms with Crippen LogP contribution in [0.25, 0.3) is 11.3 Å². The van der Waals surface area contributed by atoms with Gasteiger partial charge >= 0.3 is 0 Å². The first-order valence-electron chi connectivity index (χ1n) is 15.1. The van der Waals surface area contributed by atoms with E-state index in [4.69, 9.17) is 14.6 Å². The summed E-state index contributed by atoms with van der Waals surface area (Å²) in [5, 5.41) is 10.6. The molecule has 1 heterocycles. The van der Waals surface area contributed by atoms with Gasteiger partial charge < -0.3 is 20.1 Å². The molecule has 0 bridgehead atoms. The van der Waals surface area contributed by atoms with Gasteiger partial charge in [-0.05, 0) is 49.8 Å². The topological polar surface area (TPSA) is 112 Å². The molecule has 0 saturated heterocycles. The van der Waals surface area contributed by atoms with Crippen molar-refractivity contribution < 1.29 is 23.9 Å². The second kappa shape index (κ2) is 15.6. The molecule has 1 saturated carbocycles. The van der Waals surface area contributed by atoms with Crippen molar-refractivity contribution in [2.24, 2.45) is 11.8 Å². The molecule has 2 amide bonds. The van der Waals surface area contributed by atoms with Gasteiger partial charge in [-0.2, -0.15) is 5.10 Å². The maximum Gasteiger partial charge on any atom is 0.272 e. The standard InChI is InChI=1S/C32H48N4O5/c1-7-25(37)20-33-30(38)18-24(17-16-23-12-9-8-10-13-23)34-32(39)26-19-27(36(35-26)22(4)21(2)3)31-28(40-5)14-11-15-29(31)41-6/h11,14-15,19,21-24H,7-10,12-13,16-18,20H2,1-6H3,(H,33,38)(H,34,39)/t22?,24-/m0/s1. The summed E-state index contributed by atoms with van der Waals surface area (Å²) in [5.41, 5.74) is 1.72. The van der Waals surface area contributed by atoms with Gasteiger partial charge in [0.15, 0.2) is 11.5 Å². The van der Waals surface area contributed by atoms with E-state index in [1.807, 2.05) is 22.9 Å². The van der Waals surface area contributed by atoms with Crippen molar-refractivity contribution in [3.63, 3.8) is 0 Å². The zero-order valence-corrected chi connectivity index (χ0v) is 25.6. The number of hydrogen-bond acceptors (Lipinski definition) is 6. The molecule has 9 nitrogen and oxygen atoms in total. The summed E-state index contributed by atoms with van der Waals surface area (Å²) in [4.78, 5) is 38.1. The third-order valence-corrected chi connectivity index (χ3v) is 8.30. The van der Waals surface area contributed by atoms with E-state index in [0.29, 0.717) is 30.3 Å². The molecule has 1 aromatic heterocycles. The van der Waals surface area contributed by atoms with Crippen molar-refractivity contribution >= 4 is 17.6 Å². The lowest BCUT2D eigenvalue weighted by Crippen LogP contribution is -2.40. The van der Waals surface area contributed by atoms with Gasteiger partial charge in [-0.15, -0.1) is 0 Å². The van der Waals surface area contributed by atoms with Crippen LogP contribution >= 0.6 is 0 Å². The van der Waals surface area contributed by atoms with E-state index in [1.165, 1.54) is 32.1 Å². The zero-order chi connectivity index (χ0) is 29.9. The Labute approximate surface area is 244 Å². The predicted molar refractivity (Wildman–Crippen MR) is 160 cm³/mol. The number of carbonyl (C=O) groups excluding carboxylic acids is 3. The summed E-state index contributed by atoms with van der Waals surface area (Å²) in [7, 11) is 3.21. The molecule has 1 fully saturated rings. The maximum absolute atomic E-state index is 13.7. The summed E-state index contributed by atoms with van der Waals surface area (Å²) in [5.74, 6) is 1.52. The van der Waals surface area contributed by atoms with Gasteiger partial charge in [0.1, 0.15) is 11.5 Å². The fourth-order valence-electron chi connectivity index (χ4n) is 5.40. The number of methoxy groups -OCH3 is 2. The average Bonchev–Trinajstić information content (AvgIpc) is 3.43. The third-order valence-electron chi connectivity index (χ3n) is 8.30. The van der Waals surface area contributed by atoms with Crippen molar-refractivity contribution in [1.29, 1.82) is 0 Å². The summed E-state index contributed by atoms with van der Waals surface area (Å²) >= 11 is 0. The Bertz CT molecular complexity index is 1150. The molecule has 0 spiro atoms. The fraction of sp³-hybridized carbons (Fsp3) is 0.625. The van der Waals surface area contributed by atoms with Crippen LogP contribution in [0, 0.1) is 11.8 Å². The molecule has 41 heavy (non-hydrogen) atoms. The van der Waals surface area contributed by atoms with Crippen LogP contribution in [0.3, 0.4) is 0 Å². The minimum Gasteiger partial charge on any atom is -0.496 e. The normalized spacial score (nSPS) is 15.3. The molecule has 0 radical (unpaired) electrons. The Balaban J connectivity index is 1.88. The van der Waals surface area contributed by atoms with Crippen LogP contribution in [0.2, 0.25) is 0 Å². The zero-order valence-electron chi connectivity index (χ0n) is 25.6. The molecule has 1 aromatic carbocycles. The van der Waals surface area contributed by atoms with Gasteiger partial charge in [0.05, 0.1) is 38.1 Å². The van der Waals surface area contributed by atoms with Crippen molar-refractivity contribution in [3.05, 3.63) is 30.0 Å². The lowest BCUT2D eigenvalue weighted by Gasteiger charge is -2.24. The average molecular weight is 569 g/mol. The third kappa shape index (κ3) is 8.81. The molecule has 1 aliphatic carbocycles. The molecule has 1 aliphatic rings. The Morgan fingerprint density at radius 3 is 2.29 bits per heavy atom. The quantitative estimate of drug-likeness (QED) is 0.284. The maximum atomic E-state index is 13.7. The second-order valence-electron chi connectivity index (χ2n) is 11.5. The number of rotatable bonds is 15. The van der Waals surface area contributed by atoms with Gasteiger partial charge in [-0.3, -0.25) is 19.1 Å². The van der Waals surface area contributed by atoms with Gasteiger partial charge in [-0.1, -0.05) is 58.9 Å². The minimum absolute atomic E-state index is 0.00912. The van der Waals surface area contributed by atoms with Gasteiger partial charge in [-0.25, -0.2) is 0 Å². The highest BCUT2D eigenvalue weighted by atomic mass is 16.5. The van der Waals surface area contributed by atoms with Crippen molar-refractivity contribution in [1.82, 2.24) is 20.4 Å². The van der Waals surface area contributed by atoms with Crippen LogP contribution in [-0.4, -0.2) is 54.2 Å². The highest BCUT2D eigenvalue weighted by Crippen LogP contribution is 2.40. The van der Waals surface area contributed by atoms with Crippen molar-refractivity contribution in [3.8, 4) is 22.8 Å². The smallest absolute Gasteiger partial charge is 0.272 e. The number of aromatic nitrogens is 2. The van der Waals surface area contributed by atoms with E-state index >= 15 is 0 Å².